The van der Waals surface area contributed by atoms with Gasteiger partial charge in [-0.15, -0.1) is 0 Å². The number of amides is 3. The average molecular weight is 533 g/mol. The molecule has 0 saturated heterocycles. The summed E-state index contributed by atoms with van der Waals surface area (Å²) in [6.45, 7) is 0. The van der Waals surface area contributed by atoms with Crippen molar-refractivity contribution in [2.24, 2.45) is 0 Å². The smallest absolute Gasteiger partial charge is 0.248 e. The maximum absolute atomic E-state index is 15.1. The van der Waals surface area contributed by atoms with Crippen molar-refractivity contribution >= 4 is 29.2 Å². The molecular formula is C30H33FN4O4. The number of anilines is 2. The monoisotopic (exact) mass is 532 g/mol. The molecule has 8 nitrogen and oxygen atoms in total. The van der Waals surface area contributed by atoms with Crippen LogP contribution < -0.4 is 20.3 Å². The van der Waals surface area contributed by atoms with Gasteiger partial charge in [-0.05, 0) is 61.2 Å². The third kappa shape index (κ3) is 7.40. The van der Waals surface area contributed by atoms with E-state index in [1.807, 2.05) is 0 Å². The minimum atomic E-state index is -1.11. The summed E-state index contributed by atoms with van der Waals surface area (Å²) in [7, 11) is 1.54. The zero-order valence-corrected chi connectivity index (χ0v) is 21.9. The molecule has 1 aromatic heterocycles. The quantitative estimate of drug-likeness (QED) is 0.355. The molecule has 1 aliphatic carbocycles. The van der Waals surface area contributed by atoms with Crippen LogP contribution in [0.3, 0.4) is 0 Å². The molecule has 0 bridgehead atoms. The Balaban J connectivity index is 1.59. The molecule has 2 N–H and O–H groups in total. The lowest BCUT2D eigenvalue weighted by Crippen LogP contribution is -2.46. The minimum absolute atomic E-state index is 0.00262. The molecule has 1 aliphatic rings. The van der Waals surface area contributed by atoms with Crippen LogP contribution in [0.1, 0.15) is 56.6 Å². The molecule has 3 aromatic rings. The van der Waals surface area contributed by atoms with E-state index in [2.05, 4.69) is 15.6 Å². The zero-order valence-electron chi connectivity index (χ0n) is 21.9. The van der Waals surface area contributed by atoms with Gasteiger partial charge in [-0.3, -0.25) is 19.3 Å². The van der Waals surface area contributed by atoms with Gasteiger partial charge in [0.1, 0.15) is 23.4 Å². The molecule has 3 amide bonds. The number of para-hydroxylation sites is 1. The molecule has 2 aromatic carbocycles. The first-order valence-electron chi connectivity index (χ1n) is 13.2. The van der Waals surface area contributed by atoms with Crippen molar-refractivity contribution < 1.29 is 23.5 Å². The second kappa shape index (κ2) is 13.5. The second-order valence-corrected chi connectivity index (χ2v) is 9.50. The van der Waals surface area contributed by atoms with Gasteiger partial charge >= 0.3 is 0 Å². The number of nitrogens with zero attached hydrogens (tertiary/aromatic N) is 2. The number of methoxy groups -OCH3 is 1. The first-order valence-corrected chi connectivity index (χ1v) is 13.2. The average Bonchev–Trinajstić information content (AvgIpc) is 3.46. The van der Waals surface area contributed by atoms with Gasteiger partial charge in [-0.25, -0.2) is 9.37 Å². The van der Waals surface area contributed by atoms with E-state index in [-0.39, 0.29) is 42.8 Å². The number of carbonyl (C=O) groups excluding carboxylic acids is 3. The van der Waals surface area contributed by atoms with Gasteiger partial charge in [-0.2, -0.15) is 0 Å². The summed E-state index contributed by atoms with van der Waals surface area (Å²) in [4.78, 5) is 45.1. The molecule has 39 heavy (non-hydrogen) atoms. The summed E-state index contributed by atoms with van der Waals surface area (Å²) in [5.74, 6) is -0.735. The summed E-state index contributed by atoms with van der Waals surface area (Å²) in [5, 5.41) is 5.77. The zero-order chi connectivity index (χ0) is 27.6. The van der Waals surface area contributed by atoms with Gasteiger partial charge in [0.15, 0.2) is 0 Å². The van der Waals surface area contributed by atoms with Crippen LogP contribution >= 0.6 is 0 Å². The van der Waals surface area contributed by atoms with Gasteiger partial charge < -0.3 is 15.4 Å². The van der Waals surface area contributed by atoms with E-state index in [1.165, 1.54) is 23.1 Å². The molecule has 1 heterocycles. The number of nitrogens with one attached hydrogen (secondary N) is 2. The number of halogens is 1. The lowest BCUT2D eigenvalue weighted by atomic mass is 10.0. The summed E-state index contributed by atoms with van der Waals surface area (Å²) in [6.07, 6.45) is 5.55. The van der Waals surface area contributed by atoms with Crippen molar-refractivity contribution in [3.63, 3.8) is 0 Å². The van der Waals surface area contributed by atoms with Gasteiger partial charge in [-0.1, -0.05) is 43.2 Å². The van der Waals surface area contributed by atoms with Crippen LogP contribution in [0.2, 0.25) is 0 Å². The normalized spacial score (nSPS) is 13.9. The molecule has 0 aliphatic heterocycles. The highest BCUT2D eigenvalue weighted by atomic mass is 19.1. The molecule has 1 fully saturated rings. The van der Waals surface area contributed by atoms with Crippen LogP contribution in [-0.2, 0) is 14.4 Å². The maximum atomic E-state index is 15.1. The Morgan fingerprint density at radius 3 is 2.38 bits per heavy atom. The van der Waals surface area contributed by atoms with Crippen LogP contribution in [0.15, 0.2) is 72.9 Å². The number of hydrogen-bond donors (Lipinski definition) is 2. The van der Waals surface area contributed by atoms with E-state index in [4.69, 9.17) is 4.74 Å². The van der Waals surface area contributed by atoms with Crippen LogP contribution in [0, 0.1) is 5.82 Å². The fraction of sp³-hybridized carbons (Fsp3) is 0.333. The molecule has 9 heteroatoms. The van der Waals surface area contributed by atoms with Crippen molar-refractivity contribution in [1.82, 2.24) is 10.3 Å². The minimum Gasteiger partial charge on any atom is -0.497 e. The lowest BCUT2D eigenvalue weighted by molar-refractivity contribution is -0.127. The standard InChI is InChI=1S/C30H33FN4O4/c1-39-23-18-16-21(17-19-23)29(30(38)33-22-9-2-3-10-22)35(25-12-5-4-11-24(25)31)28(37)15-8-14-27(36)34-26-13-6-7-20-32-26/h4-7,11-13,16-20,22,29H,2-3,8-10,14-15H2,1H3,(H,33,38)(H,32,34,36)/t29-/m1/s1. The van der Waals surface area contributed by atoms with Crippen molar-refractivity contribution in [2.75, 3.05) is 17.3 Å². The van der Waals surface area contributed by atoms with Gasteiger partial charge in [0, 0.05) is 25.1 Å². The van der Waals surface area contributed by atoms with Crippen molar-refractivity contribution in [3.8, 4) is 5.75 Å². The second-order valence-electron chi connectivity index (χ2n) is 9.50. The molecule has 1 saturated carbocycles. The lowest BCUT2D eigenvalue weighted by Gasteiger charge is -2.32. The van der Waals surface area contributed by atoms with Crippen molar-refractivity contribution in [2.45, 2.75) is 57.0 Å². The van der Waals surface area contributed by atoms with E-state index in [0.717, 1.165) is 25.7 Å². The number of carbonyl (C=O) groups is 3. The third-order valence-electron chi connectivity index (χ3n) is 6.75. The van der Waals surface area contributed by atoms with E-state index in [1.54, 1.807) is 61.8 Å². The Morgan fingerprint density at radius 1 is 1.00 bits per heavy atom. The van der Waals surface area contributed by atoms with E-state index >= 15 is 4.39 Å². The Hall–Kier alpha value is -4.27. The summed E-state index contributed by atoms with van der Waals surface area (Å²) in [5.41, 5.74) is 0.527. The summed E-state index contributed by atoms with van der Waals surface area (Å²) < 4.78 is 20.4. The Bertz CT molecular complexity index is 1260. The van der Waals surface area contributed by atoms with Crippen LogP contribution in [-0.4, -0.2) is 35.9 Å². The fourth-order valence-electron chi connectivity index (χ4n) is 4.78. The molecule has 204 valence electrons. The first kappa shape index (κ1) is 27.8. The summed E-state index contributed by atoms with van der Waals surface area (Å²) in [6, 6.07) is 16.8. The predicted molar refractivity (Wildman–Crippen MR) is 147 cm³/mol. The van der Waals surface area contributed by atoms with E-state index in [9.17, 15) is 14.4 Å². The largest absolute Gasteiger partial charge is 0.497 e. The van der Waals surface area contributed by atoms with E-state index in [0.29, 0.717) is 17.1 Å². The Morgan fingerprint density at radius 2 is 1.72 bits per heavy atom. The Kier molecular flexibility index (Phi) is 9.61. The van der Waals surface area contributed by atoms with Crippen LogP contribution in [0.25, 0.3) is 0 Å². The van der Waals surface area contributed by atoms with Crippen molar-refractivity contribution in [1.29, 1.82) is 0 Å². The number of benzene rings is 2. The number of pyridine rings is 1. The summed E-state index contributed by atoms with van der Waals surface area (Å²) >= 11 is 0. The molecule has 0 unspecified atom stereocenters. The van der Waals surface area contributed by atoms with Gasteiger partial charge in [0.05, 0.1) is 12.8 Å². The molecule has 0 radical (unpaired) electrons. The SMILES string of the molecule is COc1ccc([C@H](C(=O)NC2CCCC2)N(C(=O)CCCC(=O)Nc2ccccn2)c2ccccc2F)cc1. The molecule has 4 rings (SSSR count). The highest BCUT2D eigenvalue weighted by Gasteiger charge is 2.35. The number of rotatable bonds is 11. The highest BCUT2D eigenvalue weighted by molar-refractivity contribution is 6.01. The van der Waals surface area contributed by atoms with Crippen LogP contribution in [0.4, 0.5) is 15.9 Å². The first-order chi connectivity index (χ1) is 19.0. The Labute approximate surface area is 227 Å². The fourth-order valence-corrected chi connectivity index (χ4v) is 4.78. The van der Waals surface area contributed by atoms with E-state index < -0.39 is 17.8 Å². The molecule has 1 atom stereocenters. The number of aromatic nitrogens is 1. The molecule has 0 spiro atoms. The van der Waals surface area contributed by atoms with Gasteiger partial charge in [0.25, 0.3) is 0 Å². The predicted octanol–water partition coefficient (Wildman–Crippen LogP) is 5.17. The topological polar surface area (TPSA) is 101 Å². The maximum Gasteiger partial charge on any atom is 0.248 e. The number of hydrogen-bond acceptors (Lipinski definition) is 5. The number of ether oxygens (including phenoxy) is 1. The third-order valence-corrected chi connectivity index (χ3v) is 6.75. The highest BCUT2D eigenvalue weighted by Crippen LogP contribution is 2.32. The molecular weight excluding hydrogens is 499 g/mol. The van der Waals surface area contributed by atoms with Gasteiger partial charge in [0.2, 0.25) is 17.7 Å². The van der Waals surface area contributed by atoms with Crippen molar-refractivity contribution in [3.05, 3.63) is 84.3 Å². The van der Waals surface area contributed by atoms with Crippen LogP contribution in [0.5, 0.6) is 5.75 Å².